The Balaban J connectivity index is 0.000000426. The highest BCUT2D eigenvalue weighted by Crippen LogP contribution is 2.36. The first kappa shape index (κ1) is 27.0. The van der Waals surface area contributed by atoms with E-state index in [-0.39, 0.29) is 36.3 Å². The highest BCUT2D eigenvalue weighted by atomic mass is 32.2. The van der Waals surface area contributed by atoms with Crippen LogP contribution in [0.2, 0.25) is 0 Å². The van der Waals surface area contributed by atoms with Gasteiger partial charge in [0.2, 0.25) is 15.9 Å². The summed E-state index contributed by atoms with van der Waals surface area (Å²) in [6.45, 7) is 0.490. The summed E-state index contributed by atoms with van der Waals surface area (Å²) >= 11 is 0. The van der Waals surface area contributed by atoms with Crippen molar-refractivity contribution in [3.05, 3.63) is 66.4 Å². The second-order valence-electron chi connectivity index (χ2n) is 8.25. The number of ether oxygens (including phenoxy) is 1. The van der Waals surface area contributed by atoms with Crippen LogP contribution in [0.5, 0.6) is 5.88 Å². The summed E-state index contributed by atoms with van der Waals surface area (Å²) < 4.78 is 67.8. The number of sulfonamides is 1. The summed E-state index contributed by atoms with van der Waals surface area (Å²) in [5, 5.41) is 11.2. The summed E-state index contributed by atoms with van der Waals surface area (Å²) in [5.41, 5.74) is 1.03. The van der Waals surface area contributed by atoms with Gasteiger partial charge in [-0.3, -0.25) is 14.5 Å². The molecule has 5 rings (SSSR count). The summed E-state index contributed by atoms with van der Waals surface area (Å²) in [4.78, 5) is 32.0. The maximum atomic E-state index is 13.6. The molecule has 1 amide bonds. The summed E-state index contributed by atoms with van der Waals surface area (Å²) in [7, 11) is -2.24. The normalized spacial score (nSPS) is 20.3. The molecule has 0 aliphatic carbocycles. The van der Waals surface area contributed by atoms with Gasteiger partial charge >= 0.3 is 12.1 Å². The van der Waals surface area contributed by atoms with Crippen LogP contribution < -0.4 is 4.74 Å². The van der Waals surface area contributed by atoms with Crippen LogP contribution in [0.25, 0.3) is 0 Å². The van der Waals surface area contributed by atoms with Gasteiger partial charge in [0, 0.05) is 32.2 Å². The number of carboxylic acid groups (broad SMARTS) is 1. The van der Waals surface area contributed by atoms with E-state index < -0.39 is 34.3 Å². The predicted octanol–water partition coefficient (Wildman–Crippen LogP) is 1.32. The summed E-state index contributed by atoms with van der Waals surface area (Å²) in [6, 6.07) is 9.46. The molecule has 0 saturated carbocycles. The molecule has 1 saturated heterocycles. The maximum Gasteiger partial charge on any atom is 0.490 e. The average Bonchev–Trinajstić information content (AvgIpc) is 3.47. The van der Waals surface area contributed by atoms with Gasteiger partial charge in [-0.25, -0.2) is 18.2 Å². The monoisotopic (exact) mass is 554 g/mol. The van der Waals surface area contributed by atoms with Crippen LogP contribution in [0, 0.1) is 0 Å². The van der Waals surface area contributed by atoms with Gasteiger partial charge in [-0.1, -0.05) is 6.07 Å². The van der Waals surface area contributed by atoms with Gasteiger partial charge in [-0.15, -0.1) is 0 Å². The molecule has 3 aromatic rings. The minimum Gasteiger partial charge on any atom is -0.475 e. The predicted molar refractivity (Wildman–Crippen MR) is 122 cm³/mol. The topological polar surface area (TPSA) is 148 Å². The lowest BCUT2D eigenvalue weighted by Crippen LogP contribution is -2.46. The molecule has 2 aliphatic rings. The van der Waals surface area contributed by atoms with Gasteiger partial charge in [0.05, 0.1) is 24.8 Å². The van der Waals surface area contributed by atoms with Gasteiger partial charge in [0.25, 0.3) is 5.91 Å². The Kier molecular flexibility index (Phi) is 7.37. The number of likely N-dealkylation sites (tertiary alicyclic amines) is 1. The first-order valence-corrected chi connectivity index (χ1v) is 12.4. The van der Waals surface area contributed by atoms with Crippen LogP contribution in [0.1, 0.15) is 16.2 Å². The van der Waals surface area contributed by atoms with Gasteiger partial charge in [-0.2, -0.15) is 22.6 Å². The van der Waals surface area contributed by atoms with Crippen molar-refractivity contribution < 1.29 is 41.0 Å². The highest BCUT2D eigenvalue weighted by Gasteiger charge is 2.49. The molecule has 5 heterocycles. The molecule has 0 bridgehead atoms. The Labute approximate surface area is 214 Å². The number of aromatic nitrogens is 4. The molecule has 202 valence electrons. The number of carbonyl (C=O) groups excluding carboxylic acids is 1. The number of rotatable bonds is 3. The largest absolute Gasteiger partial charge is 0.490 e. The molecule has 0 aromatic carbocycles. The Morgan fingerprint density at radius 1 is 1.08 bits per heavy atom. The fraction of sp³-hybridized carbons (Fsp3) is 0.318. The molecule has 1 fully saturated rings. The lowest BCUT2D eigenvalue weighted by Gasteiger charge is -2.27. The molecule has 0 spiro atoms. The lowest BCUT2D eigenvalue weighted by atomic mass is 10.2. The number of hydrogen-bond donors (Lipinski definition) is 1. The number of carbonyl (C=O) groups is 2. The lowest BCUT2D eigenvalue weighted by molar-refractivity contribution is -0.192. The molecule has 2 unspecified atom stereocenters. The van der Waals surface area contributed by atoms with Crippen molar-refractivity contribution in [3.8, 4) is 5.88 Å². The van der Waals surface area contributed by atoms with E-state index in [1.54, 1.807) is 48.6 Å². The molecule has 3 aromatic heterocycles. The molecule has 38 heavy (non-hydrogen) atoms. The van der Waals surface area contributed by atoms with Crippen LogP contribution in [0.3, 0.4) is 0 Å². The smallest absolute Gasteiger partial charge is 0.475 e. The summed E-state index contributed by atoms with van der Waals surface area (Å²) in [5.74, 6) is -2.93. The van der Waals surface area contributed by atoms with Crippen LogP contribution in [-0.4, -0.2) is 85.8 Å². The van der Waals surface area contributed by atoms with Crippen molar-refractivity contribution in [1.29, 1.82) is 0 Å². The maximum absolute atomic E-state index is 13.6. The van der Waals surface area contributed by atoms with Crippen LogP contribution in [0.15, 0.2) is 59.9 Å². The first-order chi connectivity index (χ1) is 17.9. The molecule has 0 radical (unpaired) electrons. The number of pyridine rings is 2. The van der Waals surface area contributed by atoms with E-state index in [0.717, 1.165) is 0 Å². The van der Waals surface area contributed by atoms with E-state index in [1.807, 2.05) is 6.07 Å². The number of nitrogens with zero attached hydrogens (tertiary/aromatic N) is 6. The summed E-state index contributed by atoms with van der Waals surface area (Å²) in [6.07, 6.45) is -0.982. The average molecular weight is 555 g/mol. The SMILES string of the molecule is Cn1nccc1C(=O)N1CC2Oc3ncccc3S(=O)(=O)N(Cc3ccccn3)C2C1.O=C(O)C(F)(F)F. The third-order valence-corrected chi connectivity index (χ3v) is 7.69. The van der Waals surface area contributed by atoms with Crippen molar-refractivity contribution in [1.82, 2.24) is 29.0 Å². The molecule has 1 N–H and O–H groups in total. The number of hydrogen-bond acceptors (Lipinski definition) is 8. The van der Waals surface area contributed by atoms with Crippen molar-refractivity contribution in [2.75, 3.05) is 13.1 Å². The minimum absolute atomic E-state index is 0.0184. The molecular weight excluding hydrogens is 533 g/mol. The second kappa shape index (κ2) is 10.4. The zero-order chi connectivity index (χ0) is 27.7. The van der Waals surface area contributed by atoms with E-state index in [2.05, 4.69) is 15.1 Å². The second-order valence-corrected chi connectivity index (χ2v) is 10.1. The molecule has 16 heteroatoms. The number of aliphatic carboxylic acids is 1. The van der Waals surface area contributed by atoms with Crippen LogP contribution in [0.4, 0.5) is 13.2 Å². The number of alkyl halides is 3. The zero-order valence-corrected chi connectivity index (χ0v) is 20.5. The standard InChI is InChI=1S/C20H20N6O4S.C2HF3O2/c1-24-15(7-10-23-24)20(27)25-12-16-17(13-25)30-19-18(6-4-9-22-19)31(28,29)26(16)11-14-5-2-3-8-21-14;3-2(4,5)1(6)7/h2-10,16-17H,11-13H2,1H3;(H,6,7). The van der Waals surface area contributed by atoms with Gasteiger partial charge < -0.3 is 14.7 Å². The Hall–Kier alpha value is -4.05. The number of amides is 1. The number of halogens is 3. The fourth-order valence-corrected chi connectivity index (χ4v) is 5.71. The van der Waals surface area contributed by atoms with Crippen molar-refractivity contribution >= 4 is 21.9 Å². The molecular formula is C22H21F3N6O6S. The van der Waals surface area contributed by atoms with E-state index in [0.29, 0.717) is 11.4 Å². The van der Waals surface area contributed by atoms with E-state index in [9.17, 15) is 26.4 Å². The van der Waals surface area contributed by atoms with Crippen molar-refractivity contribution in [3.63, 3.8) is 0 Å². The van der Waals surface area contributed by atoms with Crippen molar-refractivity contribution in [2.45, 2.75) is 29.8 Å². The fourth-order valence-electron chi connectivity index (χ4n) is 4.02. The quantitative estimate of drug-likeness (QED) is 0.506. The van der Waals surface area contributed by atoms with Crippen LogP contribution in [-0.2, 0) is 28.4 Å². The van der Waals surface area contributed by atoms with Gasteiger partial charge in [0.15, 0.2) is 0 Å². The van der Waals surface area contributed by atoms with Crippen molar-refractivity contribution in [2.24, 2.45) is 7.05 Å². The number of aryl methyl sites for hydroxylation is 1. The number of carboxylic acids is 1. The van der Waals surface area contributed by atoms with Gasteiger partial charge in [-0.05, 0) is 30.3 Å². The number of fused-ring (bicyclic) bond motifs is 2. The van der Waals surface area contributed by atoms with Crippen LogP contribution >= 0.6 is 0 Å². The van der Waals surface area contributed by atoms with Gasteiger partial charge in [0.1, 0.15) is 16.7 Å². The zero-order valence-electron chi connectivity index (χ0n) is 19.7. The third-order valence-electron chi connectivity index (χ3n) is 5.81. The Morgan fingerprint density at radius 2 is 1.79 bits per heavy atom. The Morgan fingerprint density at radius 3 is 2.39 bits per heavy atom. The highest BCUT2D eigenvalue weighted by molar-refractivity contribution is 7.89. The first-order valence-electron chi connectivity index (χ1n) is 11.0. The molecule has 2 atom stereocenters. The Bertz CT molecular complexity index is 1430. The molecule has 2 aliphatic heterocycles. The van der Waals surface area contributed by atoms with E-state index in [1.165, 1.54) is 21.3 Å². The van der Waals surface area contributed by atoms with E-state index in [4.69, 9.17) is 14.6 Å². The minimum atomic E-state index is -5.08. The van der Waals surface area contributed by atoms with E-state index >= 15 is 0 Å². The third kappa shape index (κ3) is 5.45. The molecule has 12 nitrogen and oxygen atoms in total.